The van der Waals surface area contributed by atoms with E-state index in [1.807, 2.05) is 44.0 Å². The van der Waals surface area contributed by atoms with Crippen LogP contribution in [0.15, 0.2) is 36.4 Å². The van der Waals surface area contributed by atoms with E-state index in [-0.39, 0.29) is 17.8 Å². The highest BCUT2D eigenvalue weighted by atomic mass is 32.1. The normalized spacial score (nSPS) is 11.0. The fraction of sp³-hybridized carbons (Fsp3) is 0.389. The number of amides is 1. The Labute approximate surface area is 141 Å². The lowest BCUT2D eigenvalue weighted by Gasteiger charge is -2.26. The Hall–Kier alpha value is -1.72. The van der Waals surface area contributed by atoms with Gasteiger partial charge < -0.3 is 10.2 Å². The molecule has 0 saturated heterocycles. The minimum atomic E-state index is -0.233. The summed E-state index contributed by atoms with van der Waals surface area (Å²) in [6.07, 6.45) is 0.497. The highest BCUT2D eigenvalue weighted by Gasteiger charge is 2.17. The first-order chi connectivity index (χ1) is 11.0. The highest BCUT2D eigenvalue weighted by Crippen LogP contribution is 2.29. The summed E-state index contributed by atoms with van der Waals surface area (Å²) in [6, 6.07) is 10.8. The van der Waals surface area contributed by atoms with E-state index in [2.05, 4.69) is 5.32 Å². The van der Waals surface area contributed by atoms with Crippen LogP contribution in [0.5, 0.6) is 0 Å². The zero-order chi connectivity index (χ0) is 16.8. The maximum Gasteiger partial charge on any atom is 0.224 e. The number of nitrogens with zero attached hydrogens (tertiary/aromatic N) is 1. The van der Waals surface area contributed by atoms with E-state index >= 15 is 0 Å². The molecule has 2 rings (SSSR count). The molecule has 0 spiro atoms. The number of hydrogen-bond acceptors (Lipinski definition) is 3. The standard InChI is InChI=1S/C18H23FN2OS/c1-13(2)21(18(22)9-10-20-3)12-16-7-8-17(23-16)14-5-4-6-15(19)11-14/h4-8,11,13,20H,9-10,12H2,1-3H3. The second-order valence-electron chi connectivity index (χ2n) is 5.75. The quantitative estimate of drug-likeness (QED) is 0.833. The van der Waals surface area contributed by atoms with E-state index in [4.69, 9.17) is 0 Å². The fourth-order valence-electron chi connectivity index (χ4n) is 2.36. The second-order valence-corrected chi connectivity index (χ2v) is 6.91. The van der Waals surface area contributed by atoms with Crippen LogP contribution >= 0.6 is 11.3 Å². The van der Waals surface area contributed by atoms with Gasteiger partial charge in [0.15, 0.2) is 0 Å². The van der Waals surface area contributed by atoms with Gasteiger partial charge in [-0.25, -0.2) is 4.39 Å². The lowest BCUT2D eigenvalue weighted by molar-refractivity contribution is -0.133. The molecule has 0 saturated carbocycles. The van der Waals surface area contributed by atoms with Crippen LogP contribution in [0.3, 0.4) is 0 Å². The number of benzene rings is 1. The lowest BCUT2D eigenvalue weighted by atomic mass is 10.2. The van der Waals surface area contributed by atoms with Crippen LogP contribution in [0, 0.1) is 5.82 Å². The van der Waals surface area contributed by atoms with Crippen LogP contribution in [0.4, 0.5) is 4.39 Å². The molecular formula is C18H23FN2OS. The summed E-state index contributed by atoms with van der Waals surface area (Å²) >= 11 is 1.61. The Kier molecular flexibility index (Phi) is 6.30. The number of carbonyl (C=O) groups excluding carboxylic acids is 1. The molecule has 0 unspecified atom stereocenters. The van der Waals surface area contributed by atoms with Gasteiger partial charge in [0.05, 0.1) is 6.54 Å². The summed E-state index contributed by atoms with van der Waals surface area (Å²) in [5, 5.41) is 3.01. The minimum Gasteiger partial charge on any atom is -0.335 e. The molecule has 2 aromatic rings. The van der Waals surface area contributed by atoms with Crippen molar-refractivity contribution in [2.45, 2.75) is 32.9 Å². The molecule has 0 radical (unpaired) electrons. The molecule has 1 amide bonds. The number of halogens is 1. The molecule has 0 aliphatic heterocycles. The maximum absolute atomic E-state index is 13.3. The van der Waals surface area contributed by atoms with Crippen LogP contribution < -0.4 is 5.32 Å². The minimum absolute atomic E-state index is 0.148. The summed E-state index contributed by atoms with van der Waals surface area (Å²) in [5.41, 5.74) is 0.874. The Balaban J connectivity index is 2.11. The molecular weight excluding hydrogens is 311 g/mol. The van der Waals surface area contributed by atoms with E-state index in [1.165, 1.54) is 12.1 Å². The third-order valence-electron chi connectivity index (χ3n) is 3.63. The van der Waals surface area contributed by atoms with Gasteiger partial charge in [0.1, 0.15) is 5.82 Å². The Morgan fingerprint density at radius 3 is 2.74 bits per heavy atom. The molecule has 0 aliphatic rings. The summed E-state index contributed by atoms with van der Waals surface area (Å²) in [6.45, 7) is 5.33. The van der Waals surface area contributed by atoms with Gasteiger partial charge in [-0.15, -0.1) is 11.3 Å². The van der Waals surface area contributed by atoms with Gasteiger partial charge in [0.2, 0.25) is 5.91 Å². The van der Waals surface area contributed by atoms with Crippen LogP contribution in [0.1, 0.15) is 25.1 Å². The number of hydrogen-bond donors (Lipinski definition) is 1. The SMILES string of the molecule is CNCCC(=O)N(Cc1ccc(-c2cccc(F)c2)s1)C(C)C. The van der Waals surface area contributed by atoms with Crippen molar-refractivity contribution in [1.29, 1.82) is 0 Å². The molecule has 1 aromatic carbocycles. The molecule has 0 bridgehead atoms. The van der Waals surface area contributed by atoms with E-state index in [0.717, 1.165) is 15.3 Å². The maximum atomic E-state index is 13.3. The molecule has 0 atom stereocenters. The average Bonchev–Trinajstić information content (AvgIpc) is 2.98. The van der Waals surface area contributed by atoms with Crippen molar-refractivity contribution in [3.8, 4) is 10.4 Å². The Morgan fingerprint density at radius 1 is 1.30 bits per heavy atom. The predicted molar refractivity (Wildman–Crippen MR) is 93.9 cm³/mol. The van der Waals surface area contributed by atoms with E-state index < -0.39 is 0 Å². The van der Waals surface area contributed by atoms with Crippen molar-refractivity contribution in [2.75, 3.05) is 13.6 Å². The van der Waals surface area contributed by atoms with Gasteiger partial charge >= 0.3 is 0 Å². The smallest absolute Gasteiger partial charge is 0.224 e. The van der Waals surface area contributed by atoms with Crippen molar-refractivity contribution in [3.63, 3.8) is 0 Å². The van der Waals surface area contributed by atoms with Crippen molar-refractivity contribution < 1.29 is 9.18 Å². The third kappa shape index (κ3) is 4.88. The first kappa shape index (κ1) is 17.6. The summed E-state index contributed by atoms with van der Waals surface area (Å²) in [5.74, 6) is -0.0847. The Bertz CT molecular complexity index is 654. The number of thiophene rings is 1. The van der Waals surface area contributed by atoms with Crippen LogP contribution in [0.2, 0.25) is 0 Å². The van der Waals surface area contributed by atoms with Gasteiger partial charge in [-0.05, 0) is 50.7 Å². The van der Waals surface area contributed by atoms with Crippen LogP contribution in [0.25, 0.3) is 10.4 Å². The van der Waals surface area contributed by atoms with Crippen molar-refractivity contribution in [3.05, 3.63) is 47.1 Å². The summed E-state index contributed by atoms with van der Waals surface area (Å²) in [4.78, 5) is 16.3. The van der Waals surface area contributed by atoms with Gasteiger partial charge in [-0.3, -0.25) is 4.79 Å². The topological polar surface area (TPSA) is 32.3 Å². The first-order valence-electron chi connectivity index (χ1n) is 7.80. The van der Waals surface area contributed by atoms with Crippen molar-refractivity contribution in [2.24, 2.45) is 0 Å². The second kappa shape index (κ2) is 8.22. The van der Waals surface area contributed by atoms with Crippen molar-refractivity contribution in [1.82, 2.24) is 10.2 Å². The van der Waals surface area contributed by atoms with Crippen LogP contribution in [-0.2, 0) is 11.3 Å². The van der Waals surface area contributed by atoms with E-state index in [0.29, 0.717) is 19.5 Å². The third-order valence-corrected chi connectivity index (χ3v) is 4.75. The lowest BCUT2D eigenvalue weighted by Crippen LogP contribution is -2.37. The molecule has 0 fully saturated rings. The predicted octanol–water partition coefficient (Wildman–Crippen LogP) is 3.90. The summed E-state index contributed by atoms with van der Waals surface area (Å²) < 4.78 is 13.3. The molecule has 124 valence electrons. The monoisotopic (exact) mass is 334 g/mol. The number of nitrogens with one attached hydrogen (secondary N) is 1. The van der Waals surface area contributed by atoms with E-state index in [1.54, 1.807) is 17.4 Å². The summed E-state index contributed by atoms with van der Waals surface area (Å²) in [7, 11) is 1.84. The zero-order valence-corrected chi connectivity index (χ0v) is 14.6. The zero-order valence-electron chi connectivity index (χ0n) is 13.8. The largest absolute Gasteiger partial charge is 0.335 e. The Morgan fingerprint density at radius 2 is 2.09 bits per heavy atom. The van der Waals surface area contributed by atoms with E-state index in [9.17, 15) is 9.18 Å². The van der Waals surface area contributed by atoms with Crippen molar-refractivity contribution >= 4 is 17.2 Å². The number of carbonyl (C=O) groups is 1. The van der Waals surface area contributed by atoms with Crippen LogP contribution in [-0.4, -0.2) is 30.4 Å². The van der Waals surface area contributed by atoms with Gasteiger partial charge in [-0.2, -0.15) is 0 Å². The molecule has 1 N–H and O–H groups in total. The average molecular weight is 334 g/mol. The highest BCUT2D eigenvalue weighted by molar-refractivity contribution is 7.15. The van der Waals surface area contributed by atoms with Gasteiger partial charge in [-0.1, -0.05) is 12.1 Å². The number of rotatable bonds is 7. The molecule has 5 heteroatoms. The molecule has 23 heavy (non-hydrogen) atoms. The van der Waals surface area contributed by atoms with Gasteiger partial charge in [0.25, 0.3) is 0 Å². The first-order valence-corrected chi connectivity index (χ1v) is 8.61. The molecule has 3 nitrogen and oxygen atoms in total. The molecule has 1 aromatic heterocycles. The fourth-order valence-corrected chi connectivity index (χ4v) is 3.37. The van der Waals surface area contributed by atoms with Gasteiger partial charge in [0, 0.05) is 28.8 Å². The molecule has 0 aliphatic carbocycles. The molecule has 1 heterocycles.